The van der Waals surface area contributed by atoms with Gasteiger partial charge in [-0.15, -0.1) is 0 Å². The summed E-state index contributed by atoms with van der Waals surface area (Å²) in [5.74, 6) is -0.447. The summed E-state index contributed by atoms with van der Waals surface area (Å²) in [5, 5.41) is 2.68. The van der Waals surface area contributed by atoms with Gasteiger partial charge in [0.25, 0.3) is 5.91 Å². The average molecular weight is 243 g/mol. The molecular formula is C13H13N3O2. The fraction of sp³-hybridized carbons (Fsp3) is 0.0769. The highest BCUT2D eigenvalue weighted by Crippen LogP contribution is 2.14. The Labute approximate surface area is 104 Å². The third-order valence-electron chi connectivity index (χ3n) is 2.55. The van der Waals surface area contributed by atoms with E-state index < -0.39 is 5.91 Å². The van der Waals surface area contributed by atoms with Gasteiger partial charge in [0, 0.05) is 30.7 Å². The zero-order valence-electron chi connectivity index (χ0n) is 9.64. The predicted octanol–water partition coefficient (Wildman–Crippen LogP) is 1.09. The van der Waals surface area contributed by atoms with Gasteiger partial charge in [-0.1, -0.05) is 18.2 Å². The van der Waals surface area contributed by atoms with Gasteiger partial charge in [-0.3, -0.25) is 9.59 Å². The van der Waals surface area contributed by atoms with E-state index in [4.69, 9.17) is 5.73 Å². The number of nitrogens with two attached hydrogens (primary N) is 1. The van der Waals surface area contributed by atoms with Gasteiger partial charge in [0.1, 0.15) is 5.56 Å². The molecule has 0 bridgehead atoms. The summed E-state index contributed by atoms with van der Waals surface area (Å²) in [6.45, 7) is 0.321. The molecule has 4 N–H and O–H groups in total. The number of para-hydroxylation sites is 1. The summed E-state index contributed by atoms with van der Waals surface area (Å²) >= 11 is 0. The smallest absolute Gasteiger partial charge is 0.261 e. The molecule has 0 aliphatic rings. The molecule has 0 unspecified atom stereocenters. The first-order chi connectivity index (χ1) is 8.72. The van der Waals surface area contributed by atoms with Crippen molar-refractivity contribution in [3.63, 3.8) is 0 Å². The van der Waals surface area contributed by atoms with Crippen LogP contribution in [0.3, 0.4) is 0 Å². The first kappa shape index (κ1) is 12.1. The summed E-state index contributed by atoms with van der Waals surface area (Å²) in [7, 11) is 0. The van der Waals surface area contributed by atoms with Crippen molar-refractivity contribution in [3.8, 4) is 0 Å². The van der Waals surface area contributed by atoms with Crippen molar-refractivity contribution in [1.29, 1.82) is 0 Å². The van der Waals surface area contributed by atoms with Gasteiger partial charge in [-0.25, -0.2) is 0 Å². The Morgan fingerprint density at radius 3 is 2.78 bits per heavy atom. The van der Waals surface area contributed by atoms with Crippen LogP contribution in [0.15, 0.2) is 47.5 Å². The van der Waals surface area contributed by atoms with E-state index in [1.165, 1.54) is 18.5 Å². The predicted molar refractivity (Wildman–Crippen MR) is 69.3 cm³/mol. The highest BCUT2D eigenvalue weighted by molar-refractivity contribution is 6.04. The highest BCUT2D eigenvalue weighted by Gasteiger charge is 2.11. The molecule has 0 radical (unpaired) electrons. The quantitative estimate of drug-likeness (QED) is 0.753. The molecule has 18 heavy (non-hydrogen) atoms. The van der Waals surface area contributed by atoms with Crippen molar-refractivity contribution in [3.05, 3.63) is 64.1 Å². The molecule has 1 heterocycles. The number of hydrogen-bond acceptors (Lipinski definition) is 3. The average Bonchev–Trinajstić information content (AvgIpc) is 2.39. The Bertz CT molecular complexity index is 619. The standard InChI is InChI=1S/C13H13N3O2/c14-7-9-3-1-2-4-11(9)16-13(18)10-8-15-6-5-12(10)17/h1-6,8H,7,14H2,(H,15,17)(H,16,18). The van der Waals surface area contributed by atoms with E-state index >= 15 is 0 Å². The molecule has 2 rings (SSSR count). The molecule has 0 saturated heterocycles. The number of benzene rings is 1. The maximum atomic E-state index is 11.9. The lowest BCUT2D eigenvalue weighted by Crippen LogP contribution is -2.21. The molecule has 0 spiro atoms. The summed E-state index contributed by atoms with van der Waals surface area (Å²) in [6, 6.07) is 8.52. The van der Waals surface area contributed by atoms with Crippen molar-refractivity contribution in [2.45, 2.75) is 6.54 Å². The van der Waals surface area contributed by atoms with Gasteiger partial charge < -0.3 is 16.0 Å². The van der Waals surface area contributed by atoms with Crippen molar-refractivity contribution in [2.24, 2.45) is 5.73 Å². The monoisotopic (exact) mass is 243 g/mol. The first-order valence-corrected chi connectivity index (χ1v) is 5.49. The third kappa shape index (κ3) is 2.46. The summed E-state index contributed by atoms with van der Waals surface area (Å²) in [5.41, 5.74) is 6.76. The number of hydrogen-bond donors (Lipinski definition) is 3. The molecule has 0 fully saturated rings. The third-order valence-corrected chi connectivity index (χ3v) is 2.55. The molecule has 0 atom stereocenters. The number of aromatic amines is 1. The normalized spacial score (nSPS) is 10.1. The van der Waals surface area contributed by atoms with E-state index in [2.05, 4.69) is 10.3 Å². The molecule has 0 saturated carbocycles. The molecule has 1 aromatic heterocycles. The molecule has 5 nitrogen and oxygen atoms in total. The minimum Gasteiger partial charge on any atom is -0.367 e. The second kappa shape index (κ2) is 5.29. The number of aromatic nitrogens is 1. The number of carbonyl (C=O) groups is 1. The largest absolute Gasteiger partial charge is 0.367 e. The minimum atomic E-state index is -0.447. The zero-order chi connectivity index (χ0) is 13.0. The molecular weight excluding hydrogens is 230 g/mol. The summed E-state index contributed by atoms with van der Waals surface area (Å²) in [6.07, 6.45) is 2.86. The van der Waals surface area contributed by atoms with Gasteiger partial charge in [-0.05, 0) is 11.6 Å². The van der Waals surface area contributed by atoms with Crippen LogP contribution in [0.5, 0.6) is 0 Å². The number of pyridine rings is 1. The number of amides is 1. The van der Waals surface area contributed by atoms with Crippen molar-refractivity contribution < 1.29 is 4.79 Å². The van der Waals surface area contributed by atoms with Crippen LogP contribution in [-0.2, 0) is 6.54 Å². The Balaban J connectivity index is 2.27. The molecule has 1 amide bonds. The maximum absolute atomic E-state index is 11.9. The van der Waals surface area contributed by atoms with Crippen LogP contribution in [0.4, 0.5) is 5.69 Å². The number of H-pyrrole nitrogens is 1. The minimum absolute atomic E-state index is 0.0734. The summed E-state index contributed by atoms with van der Waals surface area (Å²) in [4.78, 5) is 26.1. The lowest BCUT2D eigenvalue weighted by molar-refractivity contribution is 0.102. The van der Waals surface area contributed by atoms with Gasteiger partial charge >= 0.3 is 0 Å². The fourth-order valence-electron chi connectivity index (χ4n) is 1.60. The highest BCUT2D eigenvalue weighted by atomic mass is 16.2. The van der Waals surface area contributed by atoms with E-state index in [0.717, 1.165) is 5.56 Å². The van der Waals surface area contributed by atoms with E-state index in [0.29, 0.717) is 12.2 Å². The van der Waals surface area contributed by atoms with Gasteiger partial charge in [0.15, 0.2) is 5.43 Å². The van der Waals surface area contributed by atoms with Gasteiger partial charge in [0.05, 0.1) is 0 Å². The number of carbonyl (C=O) groups excluding carboxylic acids is 1. The lowest BCUT2D eigenvalue weighted by Gasteiger charge is -2.08. The lowest BCUT2D eigenvalue weighted by atomic mass is 10.1. The second-order valence-corrected chi connectivity index (χ2v) is 3.74. The van der Waals surface area contributed by atoms with Crippen LogP contribution in [0.25, 0.3) is 0 Å². The molecule has 92 valence electrons. The Morgan fingerprint density at radius 1 is 1.28 bits per heavy atom. The molecule has 2 aromatic rings. The van der Waals surface area contributed by atoms with Crippen molar-refractivity contribution >= 4 is 11.6 Å². The van der Waals surface area contributed by atoms with E-state index in [1.807, 2.05) is 12.1 Å². The molecule has 0 aliphatic heterocycles. The maximum Gasteiger partial charge on any atom is 0.261 e. The first-order valence-electron chi connectivity index (χ1n) is 5.49. The Morgan fingerprint density at radius 2 is 2.06 bits per heavy atom. The second-order valence-electron chi connectivity index (χ2n) is 3.74. The van der Waals surface area contributed by atoms with E-state index in [-0.39, 0.29) is 11.0 Å². The SMILES string of the molecule is NCc1ccccc1NC(=O)c1c[nH]ccc1=O. The fourth-order valence-corrected chi connectivity index (χ4v) is 1.60. The number of rotatable bonds is 3. The van der Waals surface area contributed by atoms with Crippen LogP contribution in [0, 0.1) is 0 Å². The Kier molecular flexibility index (Phi) is 3.54. The van der Waals surface area contributed by atoms with Crippen molar-refractivity contribution in [1.82, 2.24) is 4.98 Å². The van der Waals surface area contributed by atoms with Crippen molar-refractivity contribution in [2.75, 3.05) is 5.32 Å². The zero-order valence-corrected chi connectivity index (χ0v) is 9.64. The van der Waals surface area contributed by atoms with Gasteiger partial charge in [0.2, 0.25) is 0 Å². The number of nitrogens with one attached hydrogen (secondary N) is 2. The number of anilines is 1. The van der Waals surface area contributed by atoms with Crippen LogP contribution in [0.2, 0.25) is 0 Å². The van der Waals surface area contributed by atoms with Crippen LogP contribution >= 0.6 is 0 Å². The van der Waals surface area contributed by atoms with Crippen LogP contribution in [-0.4, -0.2) is 10.9 Å². The van der Waals surface area contributed by atoms with Gasteiger partial charge in [-0.2, -0.15) is 0 Å². The van der Waals surface area contributed by atoms with Crippen LogP contribution in [0.1, 0.15) is 15.9 Å². The topological polar surface area (TPSA) is 88.0 Å². The van der Waals surface area contributed by atoms with E-state index in [1.54, 1.807) is 12.1 Å². The molecule has 1 aromatic carbocycles. The van der Waals surface area contributed by atoms with Crippen LogP contribution < -0.4 is 16.5 Å². The summed E-state index contributed by atoms with van der Waals surface area (Å²) < 4.78 is 0. The molecule has 5 heteroatoms. The Hall–Kier alpha value is -2.40. The van der Waals surface area contributed by atoms with E-state index in [9.17, 15) is 9.59 Å². The molecule has 0 aliphatic carbocycles.